The van der Waals surface area contributed by atoms with Gasteiger partial charge in [-0.2, -0.15) is 5.26 Å². The van der Waals surface area contributed by atoms with E-state index < -0.39 is 0 Å². The topological polar surface area (TPSA) is 36.7 Å². The minimum atomic E-state index is 0. The Balaban J connectivity index is 0.00000256. The van der Waals surface area contributed by atoms with Crippen LogP contribution in [-0.4, -0.2) is 4.98 Å². The van der Waals surface area contributed by atoms with Crippen molar-refractivity contribution in [3.8, 4) is 39.6 Å². The number of aromatic nitrogens is 1. The number of nitriles is 1. The van der Waals surface area contributed by atoms with E-state index in [1.165, 1.54) is 5.56 Å². The van der Waals surface area contributed by atoms with Crippen LogP contribution in [0.25, 0.3) is 33.5 Å². The third kappa shape index (κ3) is 4.26. The summed E-state index contributed by atoms with van der Waals surface area (Å²) in [6.07, 6.45) is 1.94. The molecule has 0 saturated heterocycles. The summed E-state index contributed by atoms with van der Waals surface area (Å²) in [5, 5.41) is 9.20. The molecule has 0 amide bonds. The van der Waals surface area contributed by atoms with E-state index in [0.29, 0.717) is 5.56 Å². The Morgan fingerprint density at radius 2 is 1.53 bits per heavy atom. The van der Waals surface area contributed by atoms with E-state index in [1.807, 2.05) is 56.4 Å². The van der Waals surface area contributed by atoms with Crippen molar-refractivity contribution in [1.82, 2.24) is 4.98 Å². The molecule has 1 aromatic heterocycles. The van der Waals surface area contributed by atoms with E-state index >= 15 is 0 Å². The van der Waals surface area contributed by atoms with Gasteiger partial charge in [0, 0.05) is 31.9 Å². The molecule has 149 valence electrons. The quantitative estimate of drug-likeness (QED) is 0.260. The maximum atomic E-state index is 9.20. The normalized spacial score (nSPS) is 10.2. The van der Waals surface area contributed by atoms with E-state index in [0.717, 1.165) is 44.6 Å². The molecule has 0 aliphatic heterocycles. The zero-order valence-corrected chi connectivity index (χ0v) is 19.6. The third-order valence-electron chi connectivity index (χ3n) is 5.23. The smallest absolute Gasteiger partial charge is 0.0991 e. The molecule has 0 atom stereocenters. The van der Waals surface area contributed by atoms with Gasteiger partial charge in [0.1, 0.15) is 0 Å². The maximum Gasteiger partial charge on any atom is 0.0991 e. The molecule has 1 heterocycles. The van der Waals surface area contributed by atoms with Gasteiger partial charge in [-0.05, 0) is 66.4 Å². The van der Waals surface area contributed by atoms with Gasteiger partial charge in [0.25, 0.3) is 0 Å². The first kappa shape index (κ1) is 21.7. The molecule has 0 unspecified atom stereocenters. The first-order chi connectivity index (χ1) is 14.1. The molecule has 0 spiro atoms. The summed E-state index contributed by atoms with van der Waals surface area (Å²) in [4.78, 5) is 4.75. The van der Waals surface area contributed by atoms with Gasteiger partial charge in [0.15, 0.2) is 0 Å². The summed E-state index contributed by atoms with van der Waals surface area (Å²) in [7, 11) is 0. The molecule has 2 nitrogen and oxygen atoms in total. The van der Waals surface area contributed by atoms with Crippen molar-refractivity contribution in [2.45, 2.75) is 20.8 Å². The second kappa shape index (κ2) is 9.18. The van der Waals surface area contributed by atoms with Crippen molar-refractivity contribution in [1.29, 1.82) is 5.26 Å². The van der Waals surface area contributed by atoms with Gasteiger partial charge < -0.3 is 4.98 Å². The number of hydrogen-bond donors (Lipinski definition) is 0. The first-order valence-corrected chi connectivity index (χ1v) is 9.62. The molecule has 4 aromatic rings. The van der Waals surface area contributed by atoms with E-state index in [1.54, 1.807) is 0 Å². The molecular weight excluding hydrogens is 545 g/mol. The predicted molar refractivity (Wildman–Crippen MR) is 118 cm³/mol. The maximum absolute atomic E-state index is 9.20. The molecule has 4 rings (SSSR count). The fraction of sp³-hybridized carbons (Fsp3) is 0.111. The Hall–Kier alpha value is -3.05. The molecule has 0 N–H and O–H groups in total. The van der Waals surface area contributed by atoms with Crippen LogP contribution in [0.5, 0.6) is 0 Å². The van der Waals surface area contributed by atoms with Crippen molar-refractivity contribution < 1.29 is 20.1 Å². The van der Waals surface area contributed by atoms with Crippen LogP contribution in [0.1, 0.15) is 22.3 Å². The van der Waals surface area contributed by atoms with Gasteiger partial charge in [-0.25, -0.2) is 0 Å². The number of aryl methyl sites for hydroxylation is 3. The molecular formula is C27H21IrN2-. The van der Waals surface area contributed by atoms with Crippen LogP contribution in [0.2, 0.25) is 0 Å². The summed E-state index contributed by atoms with van der Waals surface area (Å²) < 4.78 is 0. The Morgan fingerprint density at radius 3 is 2.17 bits per heavy atom. The fourth-order valence-electron chi connectivity index (χ4n) is 3.84. The van der Waals surface area contributed by atoms with Gasteiger partial charge in [0.05, 0.1) is 11.6 Å². The van der Waals surface area contributed by atoms with Gasteiger partial charge >= 0.3 is 0 Å². The monoisotopic (exact) mass is 566 g/mol. The summed E-state index contributed by atoms with van der Waals surface area (Å²) in [5.41, 5.74) is 10.5. The number of pyridine rings is 1. The minimum Gasteiger partial charge on any atom is -0.304 e. The zero-order valence-electron chi connectivity index (χ0n) is 17.2. The number of rotatable bonds is 3. The SMILES string of the molecule is Cc1cc(-c2[c-]ccc(-c3ccccc3)c2)ncc1-c1c(C)cc(C#N)cc1C.[Ir]. The number of hydrogen-bond acceptors (Lipinski definition) is 2. The Morgan fingerprint density at radius 1 is 0.833 bits per heavy atom. The van der Waals surface area contributed by atoms with Crippen LogP contribution in [0.3, 0.4) is 0 Å². The average molecular weight is 566 g/mol. The van der Waals surface area contributed by atoms with Crippen molar-refractivity contribution >= 4 is 0 Å². The van der Waals surface area contributed by atoms with Gasteiger partial charge in [0.2, 0.25) is 0 Å². The first-order valence-electron chi connectivity index (χ1n) is 9.62. The molecule has 0 aliphatic rings. The number of nitrogens with zero attached hydrogens (tertiary/aromatic N) is 2. The molecule has 1 radical (unpaired) electrons. The van der Waals surface area contributed by atoms with Crippen molar-refractivity contribution in [2.75, 3.05) is 0 Å². The molecule has 3 aromatic carbocycles. The van der Waals surface area contributed by atoms with Crippen molar-refractivity contribution in [2.24, 2.45) is 0 Å². The molecule has 0 fully saturated rings. The Kier molecular flexibility index (Phi) is 6.63. The average Bonchev–Trinajstić information content (AvgIpc) is 2.75. The van der Waals surface area contributed by atoms with Gasteiger partial charge in [-0.15, -0.1) is 35.4 Å². The summed E-state index contributed by atoms with van der Waals surface area (Å²) in [6.45, 7) is 6.21. The van der Waals surface area contributed by atoms with E-state index in [4.69, 9.17) is 4.98 Å². The van der Waals surface area contributed by atoms with Crippen molar-refractivity contribution in [3.63, 3.8) is 0 Å². The minimum absolute atomic E-state index is 0. The van der Waals surface area contributed by atoms with Crippen molar-refractivity contribution in [3.05, 3.63) is 101 Å². The second-order valence-corrected chi connectivity index (χ2v) is 7.34. The molecule has 3 heteroatoms. The fourth-order valence-corrected chi connectivity index (χ4v) is 3.84. The van der Waals surface area contributed by atoms with Gasteiger partial charge in [-0.3, -0.25) is 0 Å². The molecule has 0 aliphatic carbocycles. The van der Waals surface area contributed by atoms with E-state index in [9.17, 15) is 5.26 Å². The molecule has 0 saturated carbocycles. The van der Waals surface area contributed by atoms with Crippen LogP contribution in [0, 0.1) is 38.2 Å². The van der Waals surface area contributed by atoms with Crippen LogP contribution >= 0.6 is 0 Å². The number of benzene rings is 3. The van der Waals surface area contributed by atoms with Crippen LogP contribution in [-0.2, 0) is 20.1 Å². The Bertz CT molecular complexity index is 1210. The molecule has 0 bridgehead atoms. The Labute approximate surface area is 191 Å². The van der Waals surface area contributed by atoms with Crippen LogP contribution in [0.15, 0.2) is 72.9 Å². The molecule has 30 heavy (non-hydrogen) atoms. The van der Waals surface area contributed by atoms with Gasteiger partial charge in [-0.1, -0.05) is 36.4 Å². The summed E-state index contributed by atoms with van der Waals surface area (Å²) >= 11 is 0. The standard InChI is InChI=1S/C27H21N2.Ir/c1-18-14-26(24-11-7-10-23(15-24)22-8-5-4-6-9-22)29-17-25(18)27-19(2)12-21(16-28)13-20(27)3;/h4-10,12-15,17H,1-3H3;/q-1;. The van der Waals surface area contributed by atoms with E-state index in [2.05, 4.69) is 49.4 Å². The third-order valence-corrected chi connectivity index (χ3v) is 5.23. The summed E-state index contributed by atoms with van der Waals surface area (Å²) in [6, 6.07) is 28.0. The van der Waals surface area contributed by atoms with E-state index in [-0.39, 0.29) is 20.1 Å². The zero-order chi connectivity index (χ0) is 20.4. The van der Waals surface area contributed by atoms with Crippen LogP contribution < -0.4 is 0 Å². The largest absolute Gasteiger partial charge is 0.304 e. The summed E-state index contributed by atoms with van der Waals surface area (Å²) in [5.74, 6) is 0. The second-order valence-electron chi connectivity index (χ2n) is 7.34. The van der Waals surface area contributed by atoms with Crippen LogP contribution in [0.4, 0.5) is 0 Å². The predicted octanol–water partition coefficient (Wildman–Crippen LogP) is 6.68.